The maximum absolute atomic E-state index is 14.7. The van der Waals surface area contributed by atoms with Crippen LogP contribution in [0, 0.1) is 61.6 Å². The topological polar surface area (TPSA) is 81.4 Å². The summed E-state index contributed by atoms with van der Waals surface area (Å²) < 4.78 is 0. The van der Waals surface area contributed by atoms with Crippen LogP contribution in [-0.2, 0) is 9.59 Å². The molecule has 1 heterocycles. The van der Waals surface area contributed by atoms with Crippen LogP contribution in [0.4, 0.5) is 0 Å². The van der Waals surface area contributed by atoms with Gasteiger partial charge in [0, 0.05) is 30.8 Å². The van der Waals surface area contributed by atoms with Crippen molar-refractivity contribution in [2.24, 2.45) is 50.2 Å². The Morgan fingerprint density at radius 2 is 1.73 bits per heavy atom. The lowest BCUT2D eigenvalue weighted by atomic mass is 9.34. The average molecular weight is 547 g/mol. The highest BCUT2D eigenvalue weighted by Crippen LogP contribution is 2.75. The molecule has 0 aromatic heterocycles. The second-order valence-electron chi connectivity index (χ2n) is 16.8. The molecule has 5 aliphatic carbocycles. The van der Waals surface area contributed by atoms with Gasteiger partial charge in [-0.2, -0.15) is 5.26 Å². The average Bonchev–Trinajstić information content (AvgIpc) is 3.27. The largest absolute Gasteiger partial charge is 0.511 e. The molecular formula is C35H50N2O3. The van der Waals surface area contributed by atoms with E-state index in [0.29, 0.717) is 24.3 Å². The zero-order valence-corrected chi connectivity index (χ0v) is 26.0. The van der Waals surface area contributed by atoms with E-state index in [1.807, 2.05) is 6.08 Å². The highest BCUT2D eigenvalue weighted by atomic mass is 16.3. The summed E-state index contributed by atoms with van der Waals surface area (Å²) in [7, 11) is 0. The number of likely N-dealkylation sites (tertiary alicyclic amines) is 1. The van der Waals surface area contributed by atoms with Gasteiger partial charge in [-0.1, -0.05) is 54.0 Å². The predicted octanol–water partition coefficient (Wildman–Crippen LogP) is 7.54. The Kier molecular flexibility index (Phi) is 5.95. The number of rotatable bonds is 2. The molecule has 0 bridgehead atoms. The monoisotopic (exact) mass is 546 g/mol. The molecule has 3 saturated carbocycles. The molecule has 1 N–H and O–H groups in total. The number of ketones is 1. The Hall–Kier alpha value is -2.09. The number of aliphatic hydroxyl groups is 1. The summed E-state index contributed by atoms with van der Waals surface area (Å²) in [6.07, 6.45) is 11.6. The van der Waals surface area contributed by atoms with Crippen LogP contribution in [0.5, 0.6) is 0 Å². The van der Waals surface area contributed by atoms with E-state index in [4.69, 9.17) is 0 Å². The van der Waals surface area contributed by atoms with Gasteiger partial charge >= 0.3 is 0 Å². The summed E-state index contributed by atoms with van der Waals surface area (Å²) in [6.45, 7) is 17.7. The summed E-state index contributed by atoms with van der Waals surface area (Å²) in [6, 6.07) is 2.33. The van der Waals surface area contributed by atoms with Gasteiger partial charge < -0.3 is 10.0 Å². The van der Waals surface area contributed by atoms with Crippen molar-refractivity contribution in [1.82, 2.24) is 4.90 Å². The second kappa shape index (κ2) is 8.48. The number of fused-ring (bicyclic) bond motifs is 7. The van der Waals surface area contributed by atoms with Crippen LogP contribution in [0.1, 0.15) is 113 Å². The van der Waals surface area contributed by atoms with Gasteiger partial charge in [0.25, 0.3) is 0 Å². The van der Waals surface area contributed by atoms with Gasteiger partial charge in [-0.05, 0) is 103 Å². The van der Waals surface area contributed by atoms with Crippen molar-refractivity contribution < 1.29 is 14.7 Å². The molecule has 218 valence electrons. The maximum atomic E-state index is 14.7. The number of aliphatic hydroxyl groups excluding tert-OH is 1. The van der Waals surface area contributed by atoms with E-state index in [1.54, 1.807) is 0 Å². The molecule has 6 rings (SSSR count). The summed E-state index contributed by atoms with van der Waals surface area (Å²) in [4.78, 5) is 29.6. The number of allylic oxidation sites excluding steroid dienone is 4. The van der Waals surface area contributed by atoms with E-state index in [9.17, 15) is 20.0 Å². The molecule has 6 aliphatic rings. The van der Waals surface area contributed by atoms with E-state index in [0.717, 1.165) is 64.5 Å². The molecule has 0 unspecified atom stereocenters. The number of nitriles is 1. The van der Waals surface area contributed by atoms with Crippen LogP contribution < -0.4 is 0 Å². The first-order valence-corrected chi connectivity index (χ1v) is 15.9. The number of nitrogens with zero attached hydrogens (tertiary/aromatic N) is 2. The van der Waals surface area contributed by atoms with Crippen LogP contribution in [0.15, 0.2) is 23.0 Å². The van der Waals surface area contributed by atoms with E-state index in [1.165, 1.54) is 5.57 Å². The molecule has 0 spiro atoms. The van der Waals surface area contributed by atoms with E-state index in [2.05, 4.69) is 59.4 Å². The zero-order valence-electron chi connectivity index (χ0n) is 26.0. The van der Waals surface area contributed by atoms with Gasteiger partial charge in [-0.15, -0.1) is 0 Å². The molecule has 1 aliphatic heterocycles. The minimum Gasteiger partial charge on any atom is -0.511 e. The standard InChI is InChI=1S/C35H50N2O3/c1-30(2)12-14-35(21-37-16-8-9-27(37)39)15-13-34(7)28(23(35)19-30)24(38)17-26-32(5)18-22(20-36)29(40)31(3,4)25(32)10-11-33(26,34)6/h17,23,25,28,40H,8-16,18-19,21H2,1-7H3/t23-,25-,28-,32-,33+,34+,35+/m0/s1. The Bertz CT molecular complexity index is 1270. The van der Waals surface area contributed by atoms with Gasteiger partial charge in [0.05, 0.1) is 11.6 Å². The molecule has 5 heteroatoms. The van der Waals surface area contributed by atoms with Crippen LogP contribution in [0.3, 0.4) is 0 Å². The van der Waals surface area contributed by atoms with Crippen molar-refractivity contribution in [3.63, 3.8) is 0 Å². The van der Waals surface area contributed by atoms with Crippen LogP contribution in [0.25, 0.3) is 0 Å². The third kappa shape index (κ3) is 3.49. The van der Waals surface area contributed by atoms with Crippen molar-refractivity contribution in [3.8, 4) is 6.07 Å². The Balaban J connectivity index is 1.47. The molecule has 1 amide bonds. The molecule has 0 aromatic rings. The number of hydrogen-bond donors (Lipinski definition) is 1. The first kappa shape index (κ1) is 28.0. The van der Waals surface area contributed by atoms with Crippen LogP contribution in [-0.4, -0.2) is 34.8 Å². The van der Waals surface area contributed by atoms with Gasteiger partial charge in [-0.3, -0.25) is 9.59 Å². The molecule has 7 atom stereocenters. The predicted molar refractivity (Wildman–Crippen MR) is 156 cm³/mol. The van der Waals surface area contributed by atoms with E-state index >= 15 is 0 Å². The maximum Gasteiger partial charge on any atom is 0.222 e. The van der Waals surface area contributed by atoms with Gasteiger partial charge in [0.2, 0.25) is 5.91 Å². The van der Waals surface area contributed by atoms with Crippen molar-refractivity contribution in [1.29, 1.82) is 5.26 Å². The Morgan fingerprint density at radius 3 is 2.38 bits per heavy atom. The van der Waals surface area contributed by atoms with Crippen molar-refractivity contribution in [2.45, 2.75) is 113 Å². The molecule has 1 saturated heterocycles. The van der Waals surface area contributed by atoms with Gasteiger partial charge in [0.15, 0.2) is 5.78 Å². The Labute approximate surface area is 241 Å². The van der Waals surface area contributed by atoms with Crippen LogP contribution >= 0.6 is 0 Å². The molecule has 0 aromatic carbocycles. The summed E-state index contributed by atoms with van der Waals surface area (Å²) in [5.74, 6) is 1.25. The van der Waals surface area contributed by atoms with E-state index < -0.39 is 5.41 Å². The third-order valence-electron chi connectivity index (χ3n) is 14.0. The summed E-state index contributed by atoms with van der Waals surface area (Å²) in [5, 5.41) is 21.1. The Morgan fingerprint density at radius 1 is 1.02 bits per heavy atom. The highest BCUT2D eigenvalue weighted by Gasteiger charge is 2.70. The van der Waals surface area contributed by atoms with Gasteiger partial charge in [0.1, 0.15) is 5.76 Å². The highest BCUT2D eigenvalue weighted by molar-refractivity contribution is 5.95. The first-order chi connectivity index (χ1) is 18.5. The number of amides is 1. The van der Waals surface area contributed by atoms with Crippen molar-refractivity contribution in [3.05, 3.63) is 23.0 Å². The third-order valence-corrected chi connectivity index (χ3v) is 14.0. The normalized spacial score (nSPS) is 45.6. The summed E-state index contributed by atoms with van der Waals surface area (Å²) >= 11 is 0. The van der Waals surface area contributed by atoms with Crippen molar-refractivity contribution in [2.75, 3.05) is 13.1 Å². The molecule has 5 nitrogen and oxygen atoms in total. The molecule has 0 radical (unpaired) electrons. The lowest BCUT2D eigenvalue weighted by molar-refractivity contribution is -0.176. The van der Waals surface area contributed by atoms with Gasteiger partial charge in [-0.25, -0.2) is 0 Å². The lowest BCUT2D eigenvalue weighted by Gasteiger charge is -2.70. The fourth-order valence-corrected chi connectivity index (χ4v) is 11.6. The lowest BCUT2D eigenvalue weighted by Crippen LogP contribution is -2.65. The number of hydrogen-bond acceptors (Lipinski definition) is 4. The molecular weight excluding hydrogens is 496 g/mol. The number of carbonyl (C=O) groups excluding carboxylic acids is 2. The SMILES string of the molecule is CC1(C)CC[C@]2(CN3CCCC3=O)CC[C@]3(C)[C@H](C(=O)C=C4[C@@]5(C)CC(C#N)=C(O)C(C)(C)[C@@H]5CC[C@]43C)[C@@H]2C1. The smallest absolute Gasteiger partial charge is 0.222 e. The van der Waals surface area contributed by atoms with Crippen molar-refractivity contribution >= 4 is 11.7 Å². The summed E-state index contributed by atoms with van der Waals surface area (Å²) in [5.41, 5.74) is 0.793. The van der Waals surface area contributed by atoms with E-state index in [-0.39, 0.29) is 56.4 Å². The fraction of sp³-hybridized carbons (Fsp3) is 0.800. The molecule has 40 heavy (non-hydrogen) atoms. The fourth-order valence-electron chi connectivity index (χ4n) is 11.6. The molecule has 4 fully saturated rings. The van der Waals surface area contributed by atoms with Crippen LogP contribution in [0.2, 0.25) is 0 Å². The quantitative estimate of drug-likeness (QED) is 0.388. The first-order valence-electron chi connectivity index (χ1n) is 15.9. The second-order valence-corrected chi connectivity index (χ2v) is 16.8. The minimum atomic E-state index is -0.502. The number of carbonyl (C=O) groups is 2. The zero-order chi connectivity index (χ0) is 29.1. The minimum absolute atomic E-state index is 0.0213.